The molecular weight excluding hydrogens is 614 g/mol. The molecule has 1 saturated heterocycles. The molecule has 0 radical (unpaired) electrons. The van der Waals surface area contributed by atoms with E-state index in [4.69, 9.17) is 14.2 Å². The van der Waals surface area contributed by atoms with Crippen molar-refractivity contribution in [2.24, 2.45) is 5.92 Å². The van der Waals surface area contributed by atoms with Gasteiger partial charge in [-0.25, -0.2) is 23.8 Å². The second kappa shape index (κ2) is 13.0. The lowest BCUT2D eigenvalue weighted by atomic mass is 9.83. The average molecular weight is 638 g/mol. The molecule has 0 N–H and O–H groups in total. The Hall–Kier alpha value is -5.58. The van der Waals surface area contributed by atoms with Crippen molar-refractivity contribution in [3.05, 3.63) is 109 Å². The van der Waals surface area contributed by atoms with Gasteiger partial charge >= 0.3 is 12.1 Å². The van der Waals surface area contributed by atoms with Gasteiger partial charge in [0.05, 0.1) is 26.7 Å². The number of β-lactam (4-membered cyclic amide) rings is 1. The molecule has 2 aliphatic heterocycles. The van der Waals surface area contributed by atoms with Crippen molar-refractivity contribution >= 4 is 40.2 Å². The van der Waals surface area contributed by atoms with E-state index >= 15 is 0 Å². The molecule has 16 nitrogen and oxygen atoms in total. The summed E-state index contributed by atoms with van der Waals surface area (Å²) in [6.07, 6.45) is 0.658. The molecule has 1 fully saturated rings. The number of fused-ring (bicyclic) bond motifs is 1. The minimum atomic E-state index is -2.04. The summed E-state index contributed by atoms with van der Waals surface area (Å²) in [5.41, 5.74) is 0.419. The van der Waals surface area contributed by atoms with E-state index in [0.29, 0.717) is 11.1 Å². The highest BCUT2D eigenvalue weighted by molar-refractivity contribution is 7.88. The fourth-order valence-electron chi connectivity index (χ4n) is 4.91. The minimum absolute atomic E-state index is 0.0191. The Morgan fingerprint density at radius 3 is 2.02 bits per heavy atom. The number of hydrogen-bond acceptors (Lipinski definition) is 13. The molecule has 3 heterocycles. The van der Waals surface area contributed by atoms with Crippen LogP contribution >= 0.6 is 0 Å². The molecule has 0 saturated carbocycles. The third-order valence-corrected chi connectivity index (χ3v) is 8.45. The molecule has 45 heavy (non-hydrogen) atoms. The molecule has 2 unspecified atom stereocenters. The van der Waals surface area contributed by atoms with Crippen LogP contribution in [-0.2, 0) is 47.8 Å². The van der Waals surface area contributed by atoms with Gasteiger partial charge in [0, 0.05) is 43.1 Å². The second-order valence-electron chi connectivity index (χ2n) is 9.86. The zero-order valence-corrected chi connectivity index (χ0v) is 24.2. The summed E-state index contributed by atoms with van der Waals surface area (Å²) < 4.78 is 29.3. The van der Waals surface area contributed by atoms with Crippen LogP contribution in [0.4, 0.5) is 16.2 Å². The smallest absolute Gasteiger partial charge is 0.456 e. The second-order valence-corrected chi connectivity index (χ2v) is 11.3. The van der Waals surface area contributed by atoms with Crippen molar-refractivity contribution in [2.75, 3.05) is 0 Å². The number of rotatable bonds is 11. The van der Waals surface area contributed by atoms with Gasteiger partial charge in [-0.15, -0.1) is 0 Å². The quantitative estimate of drug-likeness (QED) is 0.0972. The number of carbonyl (C=O) groups is 3. The first-order valence-electron chi connectivity index (χ1n) is 13.3. The standard InChI is InChI=1S/C28H23N5O11S/c1-16(44-28(36)43-15-18-5-9-20(10-6-18)33(39)40)23-21-13-22(45(41)27-29-11-2-12-30-27)24(31(21)25(23)34)26(35)42-14-17-3-7-19(8-4-17)32(37)38/h2-12,16,21,23H,13-15H2,1H3/t16-,21+,23?,45?/m1/s1. The molecule has 3 aromatic rings. The molecular formula is C28H23N5O11S. The first kappa shape index (κ1) is 30.9. The highest BCUT2D eigenvalue weighted by Crippen LogP contribution is 2.46. The average Bonchev–Trinajstić information content (AvgIpc) is 3.38. The molecule has 1 aromatic heterocycles. The van der Waals surface area contributed by atoms with Gasteiger partial charge in [0.15, 0.2) is 0 Å². The molecule has 232 valence electrons. The van der Waals surface area contributed by atoms with Crippen LogP contribution in [0.1, 0.15) is 24.5 Å². The van der Waals surface area contributed by atoms with Crippen molar-refractivity contribution in [1.82, 2.24) is 14.9 Å². The van der Waals surface area contributed by atoms with Crippen LogP contribution in [0.25, 0.3) is 0 Å². The first-order chi connectivity index (χ1) is 21.5. The Kier molecular flexibility index (Phi) is 8.89. The Balaban J connectivity index is 1.27. The van der Waals surface area contributed by atoms with Crippen molar-refractivity contribution < 1.29 is 42.6 Å². The van der Waals surface area contributed by atoms with E-state index in [1.54, 1.807) is 0 Å². The van der Waals surface area contributed by atoms with E-state index in [1.807, 2.05) is 0 Å². The molecule has 0 bridgehead atoms. The SMILES string of the molecule is C[C@@H](OC(=O)OCc1ccc([N+](=O)[O-])cc1)C1C(=O)N2C(C(=O)OCc3ccc([N+](=O)[O-])cc3)=C(S(=O)c3ncccn3)C[C@@H]12. The van der Waals surface area contributed by atoms with Gasteiger partial charge in [-0.05, 0) is 48.4 Å². The Bertz CT molecular complexity index is 1710. The molecule has 17 heteroatoms. The summed E-state index contributed by atoms with van der Waals surface area (Å²) in [5, 5.41) is 21.6. The number of carbonyl (C=O) groups excluding carboxylic acids is 3. The predicted molar refractivity (Wildman–Crippen MR) is 151 cm³/mol. The Morgan fingerprint density at radius 1 is 0.956 bits per heavy atom. The van der Waals surface area contributed by atoms with E-state index < -0.39 is 56.7 Å². The monoisotopic (exact) mass is 637 g/mol. The van der Waals surface area contributed by atoms with Gasteiger partial charge in [0.25, 0.3) is 11.4 Å². The van der Waals surface area contributed by atoms with Crippen LogP contribution in [0.3, 0.4) is 0 Å². The Labute approximate surface area is 256 Å². The summed E-state index contributed by atoms with van der Waals surface area (Å²) in [6.45, 7) is 0.970. The first-order valence-corrected chi connectivity index (χ1v) is 14.4. The molecule has 0 aliphatic carbocycles. The number of ether oxygens (including phenoxy) is 3. The van der Waals surface area contributed by atoms with Crippen molar-refractivity contribution in [1.29, 1.82) is 0 Å². The highest BCUT2D eigenvalue weighted by Gasteiger charge is 2.59. The summed E-state index contributed by atoms with van der Waals surface area (Å²) in [7, 11) is -2.04. The third-order valence-electron chi connectivity index (χ3n) is 7.10. The maximum absolute atomic E-state index is 13.5. The van der Waals surface area contributed by atoms with E-state index in [0.717, 1.165) is 4.90 Å². The lowest BCUT2D eigenvalue weighted by molar-refractivity contribution is -0.385. The van der Waals surface area contributed by atoms with Crippen molar-refractivity contribution in [3.63, 3.8) is 0 Å². The summed E-state index contributed by atoms with van der Waals surface area (Å²) in [5.74, 6) is -2.42. The summed E-state index contributed by atoms with van der Waals surface area (Å²) in [6, 6.07) is 11.5. The van der Waals surface area contributed by atoms with Crippen LogP contribution in [0.2, 0.25) is 0 Å². The number of nitro groups is 2. The van der Waals surface area contributed by atoms with E-state index in [1.165, 1.54) is 73.9 Å². The molecule has 5 rings (SSSR count). The number of benzene rings is 2. The molecule has 0 spiro atoms. The summed E-state index contributed by atoms with van der Waals surface area (Å²) in [4.78, 5) is 68.8. The van der Waals surface area contributed by atoms with Crippen LogP contribution in [0.5, 0.6) is 0 Å². The molecule has 2 aliphatic rings. The van der Waals surface area contributed by atoms with Crippen molar-refractivity contribution in [2.45, 2.75) is 43.9 Å². The topological polar surface area (TPSA) is 211 Å². The van der Waals surface area contributed by atoms with E-state index in [-0.39, 0.29) is 46.8 Å². The largest absolute Gasteiger partial charge is 0.508 e. The van der Waals surface area contributed by atoms with Crippen LogP contribution in [0.15, 0.2) is 82.7 Å². The number of amides is 1. The van der Waals surface area contributed by atoms with Gasteiger partial charge in [-0.3, -0.25) is 25.0 Å². The Morgan fingerprint density at radius 2 is 1.49 bits per heavy atom. The van der Waals surface area contributed by atoms with Gasteiger partial charge in [-0.1, -0.05) is 0 Å². The van der Waals surface area contributed by atoms with Gasteiger partial charge in [-0.2, -0.15) is 0 Å². The maximum Gasteiger partial charge on any atom is 0.508 e. The van der Waals surface area contributed by atoms with Gasteiger partial charge in [0.1, 0.15) is 35.8 Å². The third kappa shape index (κ3) is 6.52. The number of esters is 1. The van der Waals surface area contributed by atoms with Crippen LogP contribution in [0, 0.1) is 26.1 Å². The number of nitrogens with zero attached hydrogens (tertiary/aromatic N) is 5. The zero-order chi connectivity index (χ0) is 32.2. The normalized spacial score (nSPS) is 18.3. The van der Waals surface area contributed by atoms with Gasteiger partial charge in [0.2, 0.25) is 11.1 Å². The fraction of sp³-hybridized carbons (Fsp3) is 0.250. The lowest BCUT2D eigenvalue weighted by Gasteiger charge is -2.45. The number of non-ortho nitro benzene ring substituents is 2. The number of aromatic nitrogens is 2. The van der Waals surface area contributed by atoms with Crippen molar-refractivity contribution in [3.8, 4) is 0 Å². The molecule has 2 aromatic carbocycles. The molecule has 1 amide bonds. The van der Waals surface area contributed by atoms with E-state index in [2.05, 4.69) is 9.97 Å². The maximum atomic E-state index is 13.5. The zero-order valence-electron chi connectivity index (χ0n) is 23.3. The molecule has 4 atom stereocenters. The summed E-state index contributed by atoms with van der Waals surface area (Å²) >= 11 is 0. The lowest BCUT2D eigenvalue weighted by Crippen LogP contribution is -2.62. The number of nitro benzene ring substituents is 2. The minimum Gasteiger partial charge on any atom is -0.456 e. The predicted octanol–water partition coefficient (Wildman–Crippen LogP) is 3.33. The highest BCUT2D eigenvalue weighted by atomic mass is 32.2. The van der Waals surface area contributed by atoms with Gasteiger partial charge < -0.3 is 19.1 Å². The van der Waals surface area contributed by atoms with Crippen LogP contribution in [-0.4, -0.2) is 59.1 Å². The van der Waals surface area contributed by atoms with Crippen LogP contribution < -0.4 is 0 Å². The van der Waals surface area contributed by atoms with E-state index in [9.17, 15) is 38.8 Å². The fourth-order valence-corrected chi connectivity index (χ4v) is 6.12. The number of hydrogen-bond donors (Lipinski definition) is 0.